The first kappa shape index (κ1) is 17.3. The van der Waals surface area contributed by atoms with Gasteiger partial charge in [-0.25, -0.2) is 4.79 Å². The number of nitrogens with zero attached hydrogens (tertiary/aromatic N) is 1. The number of hydrogen-bond donors (Lipinski definition) is 2. The van der Waals surface area contributed by atoms with E-state index in [1.165, 1.54) is 6.26 Å². The fourth-order valence-corrected chi connectivity index (χ4v) is 3.99. The summed E-state index contributed by atoms with van der Waals surface area (Å²) in [7, 11) is 0. The number of fused-ring (bicyclic) bond motifs is 2. The van der Waals surface area contributed by atoms with Crippen LogP contribution in [0.4, 0.5) is 4.79 Å². The van der Waals surface area contributed by atoms with E-state index in [9.17, 15) is 14.4 Å². The molecule has 1 aliphatic carbocycles. The average molecular weight is 367 g/mol. The van der Waals surface area contributed by atoms with Crippen LogP contribution in [0.15, 0.2) is 47.1 Å². The number of amides is 4. The lowest BCUT2D eigenvalue weighted by molar-refractivity contribution is -0.135. The zero-order chi connectivity index (χ0) is 19.0. The Balaban J connectivity index is 1.52. The second kappa shape index (κ2) is 6.57. The Hall–Kier alpha value is -3.09. The van der Waals surface area contributed by atoms with E-state index in [1.54, 1.807) is 19.1 Å². The number of hydrogen-bond acceptors (Lipinski definition) is 4. The summed E-state index contributed by atoms with van der Waals surface area (Å²) in [5, 5.41) is 5.60. The Kier molecular flexibility index (Phi) is 4.22. The van der Waals surface area contributed by atoms with Crippen LogP contribution in [0.1, 0.15) is 42.7 Å². The van der Waals surface area contributed by atoms with Crippen molar-refractivity contribution in [3.8, 4) is 0 Å². The van der Waals surface area contributed by atoms with E-state index in [4.69, 9.17) is 4.42 Å². The maximum absolute atomic E-state index is 13.1. The van der Waals surface area contributed by atoms with Gasteiger partial charge in [0.2, 0.25) is 5.91 Å². The number of urea groups is 1. The molecule has 1 spiro atoms. The molecule has 2 N–H and O–H groups in total. The zero-order valence-electron chi connectivity index (χ0n) is 15.0. The Morgan fingerprint density at radius 3 is 2.89 bits per heavy atom. The van der Waals surface area contributed by atoms with Crippen LogP contribution >= 0.6 is 0 Å². The van der Waals surface area contributed by atoms with Gasteiger partial charge >= 0.3 is 6.03 Å². The molecule has 4 amide bonds. The summed E-state index contributed by atoms with van der Waals surface area (Å²) < 4.78 is 5.26. The quantitative estimate of drug-likeness (QED) is 0.811. The van der Waals surface area contributed by atoms with Crippen molar-refractivity contribution < 1.29 is 18.8 Å². The standard InChI is InChI=1S/C20H21N3O4/c1-13(16-9-5-11-27-16)21-17(24)12-23-18(25)20(22-19(23)26)10-4-7-14-6-2-3-8-15(14)20/h2-3,5-6,8-9,11,13H,4,7,10,12H2,1H3,(H,21,24)(H,22,26)/t13-,20-/m0/s1. The molecular weight excluding hydrogens is 346 g/mol. The summed E-state index contributed by atoms with van der Waals surface area (Å²) in [5.74, 6) is -0.165. The molecule has 1 aromatic carbocycles. The molecule has 2 atom stereocenters. The molecule has 4 rings (SSSR count). The van der Waals surface area contributed by atoms with Crippen molar-refractivity contribution >= 4 is 17.8 Å². The monoisotopic (exact) mass is 367 g/mol. The van der Waals surface area contributed by atoms with Crippen LogP contribution in [0.2, 0.25) is 0 Å². The molecule has 1 aliphatic heterocycles. The molecule has 2 heterocycles. The summed E-state index contributed by atoms with van der Waals surface area (Å²) in [6, 6.07) is 10.3. The van der Waals surface area contributed by atoms with E-state index >= 15 is 0 Å². The number of furan rings is 1. The van der Waals surface area contributed by atoms with E-state index in [0.717, 1.165) is 28.9 Å². The lowest BCUT2D eigenvalue weighted by atomic mass is 9.76. The van der Waals surface area contributed by atoms with E-state index in [0.29, 0.717) is 12.2 Å². The molecule has 140 valence electrons. The highest BCUT2D eigenvalue weighted by Crippen LogP contribution is 2.39. The maximum Gasteiger partial charge on any atom is 0.325 e. The third-order valence-electron chi connectivity index (χ3n) is 5.30. The van der Waals surface area contributed by atoms with E-state index < -0.39 is 17.5 Å². The van der Waals surface area contributed by atoms with Crippen molar-refractivity contribution in [1.82, 2.24) is 15.5 Å². The van der Waals surface area contributed by atoms with Crippen molar-refractivity contribution in [3.05, 3.63) is 59.5 Å². The van der Waals surface area contributed by atoms with Crippen molar-refractivity contribution in [2.45, 2.75) is 37.8 Å². The molecule has 7 heteroatoms. The first-order chi connectivity index (χ1) is 13.0. The Morgan fingerprint density at radius 2 is 2.11 bits per heavy atom. The van der Waals surface area contributed by atoms with Crippen LogP contribution < -0.4 is 10.6 Å². The van der Waals surface area contributed by atoms with Gasteiger partial charge in [-0.3, -0.25) is 14.5 Å². The van der Waals surface area contributed by atoms with Gasteiger partial charge in [0.15, 0.2) is 0 Å². The maximum atomic E-state index is 13.1. The van der Waals surface area contributed by atoms with Gasteiger partial charge in [-0.2, -0.15) is 0 Å². The number of benzene rings is 1. The van der Waals surface area contributed by atoms with Crippen LogP contribution in [0, 0.1) is 0 Å². The third kappa shape index (κ3) is 2.89. The Morgan fingerprint density at radius 1 is 1.30 bits per heavy atom. The second-order valence-corrected chi connectivity index (χ2v) is 7.04. The van der Waals surface area contributed by atoms with E-state index in [2.05, 4.69) is 10.6 Å². The second-order valence-electron chi connectivity index (χ2n) is 7.04. The minimum atomic E-state index is -1.06. The van der Waals surface area contributed by atoms with Gasteiger partial charge in [-0.05, 0) is 49.4 Å². The average Bonchev–Trinajstić information content (AvgIpc) is 3.27. The number of rotatable bonds is 4. The number of imide groups is 1. The lowest BCUT2D eigenvalue weighted by Gasteiger charge is -2.33. The van der Waals surface area contributed by atoms with Crippen LogP contribution in [0.3, 0.4) is 0 Å². The minimum absolute atomic E-state index is 0.320. The van der Waals surface area contributed by atoms with Crippen LogP contribution in [-0.4, -0.2) is 29.3 Å². The number of carbonyl (C=O) groups excluding carboxylic acids is 3. The highest BCUT2D eigenvalue weighted by molar-refractivity contribution is 6.09. The molecule has 0 unspecified atom stereocenters. The molecule has 2 aromatic rings. The first-order valence-corrected chi connectivity index (χ1v) is 9.06. The predicted octanol–water partition coefficient (Wildman–Crippen LogP) is 2.24. The molecule has 0 bridgehead atoms. The Labute approximate surface area is 156 Å². The molecule has 1 fully saturated rings. The van der Waals surface area contributed by atoms with Gasteiger partial charge in [-0.1, -0.05) is 24.3 Å². The largest absolute Gasteiger partial charge is 0.467 e. The Bertz CT molecular complexity index is 892. The molecule has 1 aromatic heterocycles. The topological polar surface area (TPSA) is 91.7 Å². The highest BCUT2D eigenvalue weighted by Gasteiger charge is 2.54. The molecular formula is C20H21N3O4. The molecule has 1 saturated heterocycles. The lowest BCUT2D eigenvalue weighted by Crippen LogP contribution is -2.47. The summed E-state index contributed by atoms with van der Waals surface area (Å²) in [6.45, 7) is 1.46. The van der Waals surface area contributed by atoms with Crippen molar-refractivity contribution in [2.75, 3.05) is 6.54 Å². The van der Waals surface area contributed by atoms with E-state index in [1.807, 2.05) is 24.3 Å². The summed E-state index contributed by atoms with van der Waals surface area (Å²) >= 11 is 0. The van der Waals surface area contributed by atoms with Crippen LogP contribution in [-0.2, 0) is 21.5 Å². The van der Waals surface area contributed by atoms with Gasteiger partial charge in [-0.15, -0.1) is 0 Å². The van der Waals surface area contributed by atoms with Gasteiger partial charge in [0.05, 0.1) is 12.3 Å². The van der Waals surface area contributed by atoms with Crippen LogP contribution in [0.25, 0.3) is 0 Å². The fraction of sp³-hybridized carbons (Fsp3) is 0.350. The first-order valence-electron chi connectivity index (χ1n) is 9.06. The minimum Gasteiger partial charge on any atom is -0.467 e. The zero-order valence-corrected chi connectivity index (χ0v) is 15.0. The molecule has 0 radical (unpaired) electrons. The SMILES string of the molecule is C[C@H](NC(=O)CN1C(=O)N[C@]2(CCCc3ccccc32)C1=O)c1ccco1. The normalized spacial score (nSPS) is 22.5. The number of nitrogens with one attached hydrogen (secondary N) is 2. The van der Waals surface area contributed by atoms with Gasteiger partial charge < -0.3 is 15.1 Å². The van der Waals surface area contributed by atoms with Gasteiger partial charge in [0.25, 0.3) is 5.91 Å². The fourth-order valence-electron chi connectivity index (χ4n) is 3.99. The van der Waals surface area contributed by atoms with Gasteiger partial charge in [0.1, 0.15) is 17.8 Å². The van der Waals surface area contributed by atoms with Gasteiger partial charge in [0, 0.05) is 0 Å². The van der Waals surface area contributed by atoms with Crippen LogP contribution in [0.5, 0.6) is 0 Å². The number of aryl methyl sites for hydroxylation is 1. The van der Waals surface area contributed by atoms with E-state index in [-0.39, 0.29) is 18.5 Å². The van der Waals surface area contributed by atoms with Crippen molar-refractivity contribution in [3.63, 3.8) is 0 Å². The summed E-state index contributed by atoms with van der Waals surface area (Å²) in [4.78, 5) is 39.1. The third-order valence-corrected chi connectivity index (χ3v) is 5.30. The molecule has 27 heavy (non-hydrogen) atoms. The number of carbonyl (C=O) groups is 3. The molecule has 7 nitrogen and oxygen atoms in total. The molecule has 0 saturated carbocycles. The molecule has 2 aliphatic rings. The smallest absolute Gasteiger partial charge is 0.325 e. The highest BCUT2D eigenvalue weighted by atomic mass is 16.3. The van der Waals surface area contributed by atoms with Crippen molar-refractivity contribution in [2.24, 2.45) is 0 Å². The summed E-state index contributed by atoms with van der Waals surface area (Å²) in [5.41, 5.74) is 0.843. The summed E-state index contributed by atoms with van der Waals surface area (Å²) in [6.07, 6.45) is 3.75. The predicted molar refractivity (Wildman–Crippen MR) is 96.6 cm³/mol. The van der Waals surface area contributed by atoms with Crippen molar-refractivity contribution in [1.29, 1.82) is 0 Å².